The molecule has 1 fully saturated rings. The van der Waals surface area contributed by atoms with E-state index in [1.54, 1.807) is 48.5 Å². The Morgan fingerprint density at radius 1 is 0.582 bits per heavy atom. The molecule has 6 N–H and O–H groups in total. The van der Waals surface area contributed by atoms with Crippen LogP contribution in [-0.4, -0.2) is 97.7 Å². The van der Waals surface area contributed by atoms with Crippen LogP contribution in [0.25, 0.3) is 0 Å². The van der Waals surface area contributed by atoms with Gasteiger partial charge in [0.25, 0.3) is 0 Å². The summed E-state index contributed by atoms with van der Waals surface area (Å²) in [7, 11) is 5.78. The molecule has 0 unspecified atom stereocenters. The van der Waals surface area contributed by atoms with Crippen LogP contribution in [0.2, 0.25) is 0 Å². The van der Waals surface area contributed by atoms with Crippen molar-refractivity contribution in [3.63, 3.8) is 0 Å². The molecule has 15 heteroatoms. The topological polar surface area (TPSA) is 204 Å². The number of ether oxygens (including phenoxy) is 9. The summed E-state index contributed by atoms with van der Waals surface area (Å²) in [5.41, 5.74) is 2.18. The molecule has 4 aromatic rings. The second-order valence-electron chi connectivity index (χ2n) is 13.4. The summed E-state index contributed by atoms with van der Waals surface area (Å²) >= 11 is 0. The molecule has 3 heterocycles. The van der Waals surface area contributed by atoms with Gasteiger partial charge in [-0.3, -0.25) is 0 Å². The van der Waals surface area contributed by atoms with Gasteiger partial charge in [0.15, 0.2) is 70.4 Å². The lowest BCUT2D eigenvalue weighted by atomic mass is 9.82. The molecule has 0 spiro atoms. The predicted octanol–water partition coefficient (Wildman–Crippen LogP) is 3.91. The van der Waals surface area contributed by atoms with Crippen molar-refractivity contribution >= 4 is 0 Å². The van der Waals surface area contributed by atoms with Crippen molar-refractivity contribution in [1.29, 1.82) is 0 Å². The fraction of sp³-hybridized carbons (Fsp3) is 0.400. The number of hydrogen-bond acceptors (Lipinski definition) is 15. The Hall–Kier alpha value is -5.32. The van der Waals surface area contributed by atoms with Crippen LogP contribution in [0.3, 0.4) is 0 Å². The van der Waals surface area contributed by atoms with E-state index in [0.29, 0.717) is 33.8 Å². The normalized spacial score (nSPS) is 24.5. The zero-order valence-corrected chi connectivity index (χ0v) is 30.6. The summed E-state index contributed by atoms with van der Waals surface area (Å²) in [6.07, 6.45) is -5.09. The van der Waals surface area contributed by atoms with Crippen molar-refractivity contribution < 1.29 is 73.3 Å². The maximum Gasteiger partial charge on any atom is 0.204 e. The van der Waals surface area contributed by atoms with Gasteiger partial charge in [-0.05, 0) is 59.7 Å². The lowest BCUT2D eigenvalue weighted by Gasteiger charge is -2.35. The molecule has 15 nitrogen and oxygen atoms in total. The van der Waals surface area contributed by atoms with Crippen LogP contribution in [0.1, 0.15) is 46.7 Å². The maximum absolute atomic E-state index is 11.9. The smallest absolute Gasteiger partial charge is 0.204 e. The van der Waals surface area contributed by atoms with E-state index in [2.05, 4.69) is 0 Å². The van der Waals surface area contributed by atoms with Crippen LogP contribution in [0, 0.1) is 11.8 Å². The molecule has 0 aromatic heterocycles. The summed E-state index contributed by atoms with van der Waals surface area (Å²) < 4.78 is 53.3. The third kappa shape index (κ3) is 6.93. The molecule has 0 amide bonds. The molecule has 0 bridgehead atoms. The monoisotopic (exact) mass is 764 g/mol. The molecule has 294 valence electrons. The Morgan fingerprint density at radius 3 is 1.56 bits per heavy atom. The molecule has 0 saturated carbocycles. The number of hydrogen-bond donors (Lipinski definition) is 6. The number of aliphatic hydroxyl groups excluding tert-OH is 4. The van der Waals surface area contributed by atoms with Crippen molar-refractivity contribution in [1.82, 2.24) is 0 Å². The number of phenolic OH excluding ortho intramolecular Hbond substituents is 2. The van der Waals surface area contributed by atoms with Crippen LogP contribution in [-0.2, 0) is 4.74 Å². The van der Waals surface area contributed by atoms with E-state index < -0.39 is 55.1 Å². The minimum absolute atomic E-state index is 0.0533. The molecule has 0 radical (unpaired) electrons. The van der Waals surface area contributed by atoms with E-state index in [1.165, 1.54) is 40.6 Å². The Morgan fingerprint density at radius 2 is 1.07 bits per heavy atom. The van der Waals surface area contributed by atoms with Crippen molar-refractivity contribution in [3.05, 3.63) is 82.9 Å². The zero-order valence-electron chi connectivity index (χ0n) is 30.6. The van der Waals surface area contributed by atoms with E-state index in [1.807, 2.05) is 0 Å². The lowest BCUT2D eigenvalue weighted by molar-refractivity contribution is -0.0147. The fourth-order valence-corrected chi connectivity index (χ4v) is 7.50. The molecule has 4 aromatic carbocycles. The highest BCUT2D eigenvalue weighted by atomic mass is 16.6. The minimum Gasteiger partial charge on any atom is -0.504 e. The summed E-state index contributed by atoms with van der Waals surface area (Å²) in [6, 6.07) is 16.1. The van der Waals surface area contributed by atoms with E-state index >= 15 is 0 Å². The van der Waals surface area contributed by atoms with E-state index in [4.69, 9.17) is 42.6 Å². The number of benzene rings is 4. The molecule has 55 heavy (non-hydrogen) atoms. The Labute approximate surface area is 316 Å². The van der Waals surface area contributed by atoms with Crippen molar-refractivity contribution in [3.8, 4) is 57.5 Å². The van der Waals surface area contributed by atoms with Crippen molar-refractivity contribution in [2.24, 2.45) is 11.8 Å². The van der Waals surface area contributed by atoms with Crippen LogP contribution >= 0.6 is 0 Å². The second kappa shape index (κ2) is 15.8. The SMILES string of the molecule is COc1cc([C@@H]2Oc3cc([C@H]4OC[C@H]([C@H](O)c5cc(OC)c6c(c5)O[C@@H](c5ccc(O)c(OC)c5)[C@@H](CO)O6)[C@H]4CO)cc(OC)c3O[C@H]2CO)ccc1O. The van der Waals surface area contributed by atoms with Crippen molar-refractivity contribution in [2.45, 2.75) is 36.6 Å². The Kier molecular flexibility index (Phi) is 10.9. The first-order chi connectivity index (χ1) is 26.7. The first kappa shape index (κ1) is 38.0. The zero-order chi connectivity index (χ0) is 39.0. The van der Waals surface area contributed by atoms with Gasteiger partial charge in [-0.1, -0.05) is 12.1 Å². The first-order valence-corrected chi connectivity index (χ1v) is 17.6. The highest BCUT2D eigenvalue weighted by molar-refractivity contribution is 5.58. The van der Waals surface area contributed by atoms with Gasteiger partial charge >= 0.3 is 0 Å². The predicted molar refractivity (Wildman–Crippen MR) is 193 cm³/mol. The number of rotatable bonds is 12. The van der Waals surface area contributed by atoms with Gasteiger partial charge in [-0.15, -0.1) is 0 Å². The van der Waals surface area contributed by atoms with Gasteiger partial charge < -0.3 is 73.3 Å². The minimum atomic E-state index is -1.16. The standard InChI is InChI=1S/C40H44O15/c1-47-27-9-19(5-7-25(27)44)37-33(16-42)54-39-29(49-3)11-21(12-31(39)52-37)35(46)24-18-51-36(23(24)15-41)22-13-30(50-4)40-32(14-22)53-38(34(17-43)55-40)20-6-8-26(45)28(10-20)48-2/h5-14,23-24,33-38,41-46H,15-18H2,1-4H3/t23-,24+,33-,34+,35-,36-,37+,38+/m1/s1. The van der Waals surface area contributed by atoms with Gasteiger partial charge in [0.05, 0.1) is 60.5 Å². The third-order valence-electron chi connectivity index (χ3n) is 10.4. The van der Waals surface area contributed by atoms with Gasteiger partial charge in [-0.25, -0.2) is 0 Å². The van der Waals surface area contributed by atoms with Crippen LogP contribution in [0.15, 0.2) is 60.7 Å². The Bertz CT molecular complexity index is 2000. The number of phenols is 2. The van der Waals surface area contributed by atoms with Gasteiger partial charge in [0.2, 0.25) is 11.5 Å². The van der Waals surface area contributed by atoms with E-state index in [0.717, 1.165) is 0 Å². The quantitative estimate of drug-likeness (QED) is 0.121. The van der Waals surface area contributed by atoms with Crippen LogP contribution < -0.4 is 37.9 Å². The average Bonchev–Trinajstić information content (AvgIpc) is 3.66. The van der Waals surface area contributed by atoms with Gasteiger partial charge in [0.1, 0.15) is 0 Å². The van der Waals surface area contributed by atoms with Gasteiger partial charge in [-0.2, -0.15) is 0 Å². The summed E-state index contributed by atoms with van der Waals surface area (Å²) in [6.45, 7) is -1.03. The maximum atomic E-state index is 11.9. The van der Waals surface area contributed by atoms with Gasteiger partial charge in [0, 0.05) is 29.6 Å². The summed E-state index contributed by atoms with van der Waals surface area (Å²) in [5.74, 6) is 0.803. The molecule has 8 atom stereocenters. The largest absolute Gasteiger partial charge is 0.504 e. The first-order valence-electron chi connectivity index (χ1n) is 17.6. The molecule has 3 aliphatic rings. The molecule has 0 aliphatic carbocycles. The highest BCUT2D eigenvalue weighted by Gasteiger charge is 2.45. The number of aromatic hydroxyl groups is 2. The number of aliphatic hydroxyl groups is 4. The Balaban J connectivity index is 1.17. The second-order valence-corrected chi connectivity index (χ2v) is 13.4. The van der Waals surface area contributed by atoms with Crippen LogP contribution in [0.4, 0.5) is 0 Å². The van der Waals surface area contributed by atoms with E-state index in [9.17, 15) is 30.6 Å². The van der Waals surface area contributed by atoms with Crippen LogP contribution in [0.5, 0.6) is 57.5 Å². The lowest BCUT2D eigenvalue weighted by Crippen LogP contribution is -2.36. The summed E-state index contributed by atoms with van der Waals surface area (Å²) in [4.78, 5) is 0. The third-order valence-corrected chi connectivity index (χ3v) is 10.4. The van der Waals surface area contributed by atoms with E-state index in [-0.39, 0.29) is 65.8 Å². The molecular weight excluding hydrogens is 720 g/mol. The number of methoxy groups -OCH3 is 4. The average molecular weight is 765 g/mol. The number of fused-ring (bicyclic) bond motifs is 2. The molecule has 1 saturated heterocycles. The summed E-state index contributed by atoms with van der Waals surface area (Å²) in [5, 5.41) is 63.4. The fourth-order valence-electron chi connectivity index (χ4n) is 7.50. The highest BCUT2D eigenvalue weighted by Crippen LogP contribution is 2.53. The van der Waals surface area contributed by atoms with Crippen molar-refractivity contribution in [2.75, 3.05) is 54.9 Å². The molecule has 7 rings (SSSR count). The molecule has 3 aliphatic heterocycles. The molecular formula is C40H44O15.